The predicted molar refractivity (Wildman–Crippen MR) is 95.3 cm³/mol. The van der Waals surface area contributed by atoms with Crippen molar-refractivity contribution in [1.29, 1.82) is 0 Å². The molecule has 1 amide bonds. The minimum atomic E-state index is -0.531. The molecule has 0 bridgehead atoms. The van der Waals surface area contributed by atoms with Gasteiger partial charge in [-0.2, -0.15) is 4.39 Å². The molecule has 5 nitrogen and oxygen atoms in total. The fraction of sp³-hybridized carbons (Fsp3) is 0.684. The number of nitrogens with zero attached hydrogens (tertiary/aromatic N) is 3. The fourth-order valence-electron chi connectivity index (χ4n) is 4.05. The number of piperidine rings is 1. The number of rotatable bonds is 4. The lowest BCUT2D eigenvalue weighted by Crippen LogP contribution is -2.44. The third-order valence-corrected chi connectivity index (χ3v) is 5.75. The smallest absolute Gasteiger partial charge is 0.270 e. The van der Waals surface area contributed by atoms with Crippen molar-refractivity contribution >= 4 is 11.6 Å². The molecule has 1 aliphatic carbocycles. The Hall–Kier alpha value is -1.69. The number of carbonyl (C=O) groups excluding carboxylic acids is 1. The van der Waals surface area contributed by atoms with E-state index in [-0.39, 0.29) is 17.6 Å². The zero-order valence-electron chi connectivity index (χ0n) is 14.9. The standard InChI is InChI=1S/C19H27FN4O/c1-13-6-9-24(12-13)15-7-10-23(11-8-15)17-5-4-16(22-18(17)20)19(25)21-14-2-3-14/h4-5,13-15H,2-3,6-12H2,1H3,(H,21,25). The largest absolute Gasteiger partial charge is 0.368 e. The van der Waals surface area contributed by atoms with Crippen LogP contribution in [0.5, 0.6) is 0 Å². The number of hydrogen-bond acceptors (Lipinski definition) is 4. The molecule has 0 spiro atoms. The number of carbonyl (C=O) groups is 1. The Morgan fingerprint density at radius 2 is 1.92 bits per heavy atom. The zero-order chi connectivity index (χ0) is 17.4. The molecule has 3 heterocycles. The Morgan fingerprint density at radius 1 is 1.16 bits per heavy atom. The minimum Gasteiger partial charge on any atom is -0.368 e. The summed E-state index contributed by atoms with van der Waals surface area (Å²) in [4.78, 5) is 20.6. The molecule has 3 fully saturated rings. The molecule has 1 aromatic heterocycles. The summed E-state index contributed by atoms with van der Waals surface area (Å²) in [5, 5.41) is 2.85. The van der Waals surface area contributed by atoms with Crippen molar-refractivity contribution in [2.24, 2.45) is 5.92 Å². The number of hydrogen-bond donors (Lipinski definition) is 1. The second-order valence-corrected chi connectivity index (χ2v) is 7.86. The van der Waals surface area contributed by atoms with Crippen LogP contribution in [0.15, 0.2) is 12.1 Å². The first kappa shape index (κ1) is 16.8. The van der Waals surface area contributed by atoms with Gasteiger partial charge < -0.3 is 10.2 Å². The van der Waals surface area contributed by atoms with Gasteiger partial charge in [0, 0.05) is 31.7 Å². The summed E-state index contributed by atoms with van der Waals surface area (Å²) in [5.41, 5.74) is 0.699. The van der Waals surface area contributed by atoms with Crippen LogP contribution in [0.1, 0.15) is 49.5 Å². The lowest BCUT2D eigenvalue weighted by atomic mass is 10.0. The van der Waals surface area contributed by atoms with Crippen molar-refractivity contribution in [3.8, 4) is 0 Å². The second kappa shape index (κ2) is 6.90. The average molecular weight is 346 g/mol. The van der Waals surface area contributed by atoms with E-state index >= 15 is 0 Å². The number of halogens is 1. The van der Waals surface area contributed by atoms with Gasteiger partial charge in [0.2, 0.25) is 5.95 Å². The quantitative estimate of drug-likeness (QED) is 0.851. The Bertz CT molecular complexity index is 640. The molecule has 1 unspecified atom stereocenters. The minimum absolute atomic E-state index is 0.175. The number of amides is 1. The van der Waals surface area contributed by atoms with Crippen molar-refractivity contribution in [3.63, 3.8) is 0 Å². The van der Waals surface area contributed by atoms with Gasteiger partial charge in [-0.15, -0.1) is 0 Å². The molecule has 0 aromatic carbocycles. The summed E-state index contributed by atoms with van der Waals surface area (Å²) < 4.78 is 14.5. The molecule has 1 saturated carbocycles. The number of anilines is 1. The Balaban J connectivity index is 1.36. The highest BCUT2D eigenvalue weighted by molar-refractivity contribution is 5.92. The van der Waals surface area contributed by atoms with E-state index in [4.69, 9.17) is 0 Å². The van der Waals surface area contributed by atoms with Crippen LogP contribution in [0.4, 0.5) is 10.1 Å². The Morgan fingerprint density at radius 3 is 2.52 bits per heavy atom. The van der Waals surface area contributed by atoms with Crippen molar-refractivity contribution in [1.82, 2.24) is 15.2 Å². The molecule has 25 heavy (non-hydrogen) atoms. The lowest BCUT2D eigenvalue weighted by Gasteiger charge is -2.37. The van der Waals surface area contributed by atoms with Crippen LogP contribution in [-0.4, -0.2) is 54.1 Å². The van der Waals surface area contributed by atoms with Crippen LogP contribution in [0.25, 0.3) is 0 Å². The Labute approximate surface area is 148 Å². The van der Waals surface area contributed by atoms with Crippen LogP contribution in [0.3, 0.4) is 0 Å². The molecule has 1 aromatic rings. The number of aromatic nitrogens is 1. The first-order valence-corrected chi connectivity index (χ1v) is 9.56. The molecular weight excluding hydrogens is 319 g/mol. The highest BCUT2D eigenvalue weighted by Gasteiger charge is 2.30. The molecule has 3 aliphatic rings. The number of nitrogens with one attached hydrogen (secondary N) is 1. The molecule has 1 N–H and O–H groups in total. The third-order valence-electron chi connectivity index (χ3n) is 5.75. The maximum Gasteiger partial charge on any atom is 0.270 e. The van der Waals surface area contributed by atoms with Crippen molar-refractivity contribution in [2.75, 3.05) is 31.1 Å². The van der Waals surface area contributed by atoms with Gasteiger partial charge in [0.25, 0.3) is 5.91 Å². The van der Waals surface area contributed by atoms with Gasteiger partial charge in [0.15, 0.2) is 0 Å². The van der Waals surface area contributed by atoms with E-state index in [2.05, 4.69) is 27.0 Å². The van der Waals surface area contributed by atoms with Gasteiger partial charge in [-0.25, -0.2) is 4.98 Å². The van der Waals surface area contributed by atoms with Gasteiger partial charge >= 0.3 is 0 Å². The maximum atomic E-state index is 14.5. The molecule has 0 radical (unpaired) electrons. The van der Waals surface area contributed by atoms with Gasteiger partial charge in [-0.05, 0) is 56.7 Å². The van der Waals surface area contributed by atoms with Gasteiger partial charge in [0.05, 0.1) is 5.69 Å². The summed E-state index contributed by atoms with van der Waals surface area (Å²) in [6, 6.07) is 4.23. The number of likely N-dealkylation sites (tertiary alicyclic amines) is 1. The summed E-state index contributed by atoms with van der Waals surface area (Å²) in [6.45, 7) is 6.42. The van der Waals surface area contributed by atoms with E-state index in [0.717, 1.165) is 44.7 Å². The first-order chi connectivity index (χ1) is 12.1. The summed E-state index contributed by atoms with van der Waals surface area (Å²) in [5.74, 6) is 0.000469. The first-order valence-electron chi connectivity index (χ1n) is 9.56. The summed E-state index contributed by atoms with van der Waals surface area (Å²) in [6.07, 6.45) is 5.45. The van der Waals surface area contributed by atoms with Gasteiger partial charge in [-0.3, -0.25) is 9.69 Å². The summed E-state index contributed by atoms with van der Waals surface area (Å²) >= 11 is 0. The molecule has 2 saturated heterocycles. The predicted octanol–water partition coefficient (Wildman–Crippen LogP) is 2.42. The second-order valence-electron chi connectivity index (χ2n) is 7.86. The van der Waals surface area contributed by atoms with E-state index in [1.54, 1.807) is 12.1 Å². The monoisotopic (exact) mass is 346 g/mol. The van der Waals surface area contributed by atoms with Crippen molar-refractivity contribution < 1.29 is 9.18 Å². The molecular formula is C19H27FN4O. The van der Waals surface area contributed by atoms with E-state index in [0.29, 0.717) is 11.7 Å². The van der Waals surface area contributed by atoms with Crippen LogP contribution < -0.4 is 10.2 Å². The lowest BCUT2D eigenvalue weighted by molar-refractivity contribution is 0.0945. The highest BCUT2D eigenvalue weighted by atomic mass is 19.1. The van der Waals surface area contributed by atoms with Crippen molar-refractivity contribution in [2.45, 2.75) is 51.1 Å². The van der Waals surface area contributed by atoms with Crippen molar-refractivity contribution in [3.05, 3.63) is 23.8 Å². The Kier molecular flexibility index (Phi) is 4.63. The van der Waals surface area contributed by atoms with Crippen LogP contribution >= 0.6 is 0 Å². The normalized spacial score (nSPS) is 25.4. The highest BCUT2D eigenvalue weighted by Crippen LogP contribution is 2.28. The van der Waals surface area contributed by atoms with E-state index in [1.807, 2.05) is 0 Å². The van der Waals surface area contributed by atoms with E-state index < -0.39 is 5.95 Å². The zero-order valence-corrected chi connectivity index (χ0v) is 14.9. The third kappa shape index (κ3) is 3.78. The van der Waals surface area contributed by atoms with Crippen LogP contribution in [-0.2, 0) is 0 Å². The molecule has 2 aliphatic heterocycles. The SMILES string of the molecule is CC1CCN(C2CCN(c3ccc(C(=O)NC4CC4)nc3F)CC2)C1. The van der Waals surface area contributed by atoms with E-state index in [9.17, 15) is 9.18 Å². The maximum absolute atomic E-state index is 14.5. The average Bonchev–Trinajstić information content (AvgIpc) is 3.32. The fourth-order valence-corrected chi connectivity index (χ4v) is 4.05. The number of pyridine rings is 1. The topological polar surface area (TPSA) is 48.5 Å². The molecule has 4 rings (SSSR count). The molecule has 136 valence electrons. The van der Waals surface area contributed by atoms with Gasteiger partial charge in [-0.1, -0.05) is 6.92 Å². The van der Waals surface area contributed by atoms with Crippen LogP contribution in [0, 0.1) is 11.9 Å². The molecule has 6 heteroatoms. The summed E-state index contributed by atoms with van der Waals surface area (Å²) in [7, 11) is 0. The molecule has 1 atom stereocenters. The van der Waals surface area contributed by atoms with E-state index in [1.165, 1.54) is 19.5 Å². The van der Waals surface area contributed by atoms with Gasteiger partial charge in [0.1, 0.15) is 5.69 Å². The van der Waals surface area contributed by atoms with Crippen LogP contribution in [0.2, 0.25) is 0 Å².